The summed E-state index contributed by atoms with van der Waals surface area (Å²) >= 11 is 0. The van der Waals surface area contributed by atoms with E-state index >= 15 is 0 Å². The summed E-state index contributed by atoms with van der Waals surface area (Å²) in [5, 5.41) is 8.01. The predicted octanol–water partition coefficient (Wildman–Crippen LogP) is 0.721. The molecule has 1 aliphatic rings. The molecule has 1 aliphatic heterocycles. The van der Waals surface area contributed by atoms with E-state index in [-0.39, 0.29) is 10.8 Å². The molecule has 1 fully saturated rings. The molecule has 1 amide bonds. The number of aromatic amines is 1. The number of aromatic nitrogens is 1. The largest absolute Gasteiger partial charge is 0.351 e. The van der Waals surface area contributed by atoms with Crippen molar-refractivity contribution in [2.75, 3.05) is 24.5 Å². The molecule has 8 heteroatoms. The summed E-state index contributed by atoms with van der Waals surface area (Å²) in [5.41, 5.74) is 1.57. The Kier molecular flexibility index (Phi) is 5.53. The predicted molar refractivity (Wildman–Crippen MR) is 98.3 cm³/mol. The molecule has 0 bridgehead atoms. The second-order valence-electron chi connectivity index (χ2n) is 6.32. The highest BCUT2D eigenvalue weighted by molar-refractivity contribution is 7.89. The van der Waals surface area contributed by atoms with E-state index in [9.17, 15) is 13.2 Å². The van der Waals surface area contributed by atoms with Gasteiger partial charge in [0.25, 0.3) is 11.7 Å². The van der Waals surface area contributed by atoms with Gasteiger partial charge in [-0.25, -0.2) is 18.5 Å². The molecule has 0 unspecified atom stereocenters. The monoisotopic (exact) mass is 375 g/mol. The second-order valence-corrected chi connectivity index (χ2v) is 7.88. The lowest BCUT2D eigenvalue weighted by atomic mass is 10.1. The molecular formula is C18H23N4O3S+. The number of carbonyl (C=O) groups is 1. The van der Waals surface area contributed by atoms with Crippen molar-refractivity contribution in [1.29, 1.82) is 0 Å². The number of primary sulfonamides is 1. The lowest BCUT2D eigenvalue weighted by Crippen LogP contribution is -2.33. The maximum Gasteiger partial charge on any atom is 0.287 e. The van der Waals surface area contributed by atoms with Gasteiger partial charge in [-0.2, -0.15) is 0 Å². The highest BCUT2D eigenvalue weighted by atomic mass is 32.2. The van der Waals surface area contributed by atoms with Gasteiger partial charge in [-0.05, 0) is 49.1 Å². The van der Waals surface area contributed by atoms with Crippen molar-refractivity contribution in [3.8, 4) is 0 Å². The Labute approximate surface area is 153 Å². The topological polar surface area (TPSA) is 107 Å². The molecule has 0 aliphatic carbocycles. The fourth-order valence-corrected chi connectivity index (χ4v) is 3.59. The Morgan fingerprint density at radius 2 is 1.85 bits per heavy atom. The molecule has 0 radical (unpaired) electrons. The zero-order chi connectivity index (χ0) is 18.6. The molecular weight excluding hydrogens is 352 g/mol. The zero-order valence-electron chi connectivity index (χ0n) is 14.4. The first-order chi connectivity index (χ1) is 12.4. The Balaban J connectivity index is 1.59. The van der Waals surface area contributed by atoms with Gasteiger partial charge in [0.15, 0.2) is 0 Å². The van der Waals surface area contributed by atoms with E-state index in [4.69, 9.17) is 5.14 Å². The molecule has 4 N–H and O–H groups in total. The van der Waals surface area contributed by atoms with Crippen LogP contribution in [0.25, 0.3) is 0 Å². The first kappa shape index (κ1) is 18.3. The number of nitrogens with one attached hydrogen (secondary N) is 2. The lowest BCUT2D eigenvalue weighted by Gasteiger charge is -2.12. The van der Waals surface area contributed by atoms with Crippen LogP contribution in [0.4, 0.5) is 5.82 Å². The number of nitrogens with two attached hydrogens (primary N) is 1. The molecule has 2 heterocycles. The smallest absolute Gasteiger partial charge is 0.287 e. The highest BCUT2D eigenvalue weighted by Gasteiger charge is 2.26. The maximum absolute atomic E-state index is 12.5. The van der Waals surface area contributed by atoms with Crippen molar-refractivity contribution in [3.05, 3.63) is 53.7 Å². The number of rotatable bonds is 6. The quantitative estimate of drug-likeness (QED) is 0.776. The molecule has 2 aromatic rings. The minimum atomic E-state index is -3.68. The highest BCUT2D eigenvalue weighted by Crippen LogP contribution is 2.19. The molecule has 1 saturated heterocycles. The SMILES string of the molecule is NS(=O)(=O)c1ccc(CCNC(=O)c2ccc[nH+]c2N2CCCC2)cc1. The number of hydrogen-bond donors (Lipinski definition) is 2. The lowest BCUT2D eigenvalue weighted by molar-refractivity contribution is -0.364. The van der Waals surface area contributed by atoms with Gasteiger partial charge in [0.05, 0.1) is 24.2 Å². The molecule has 7 nitrogen and oxygen atoms in total. The van der Waals surface area contributed by atoms with Crippen molar-refractivity contribution in [3.63, 3.8) is 0 Å². The third-order valence-corrected chi connectivity index (χ3v) is 5.38. The zero-order valence-corrected chi connectivity index (χ0v) is 15.3. The van der Waals surface area contributed by atoms with Gasteiger partial charge in [0.2, 0.25) is 10.0 Å². The van der Waals surface area contributed by atoms with Crippen LogP contribution in [0, 0.1) is 0 Å². The standard InChI is InChI=1S/C18H22N4O3S/c19-26(24,25)15-7-5-14(6-8-15)9-11-21-18(23)16-4-3-10-20-17(16)22-12-1-2-13-22/h3-8,10H,1-2,9,11-13H2,(H,21,23)(H2,19,24,25)/p+1. The van der Waals surface area contributed by atoms with Crippen LogP contribution in [-0.4, -0.2) is 34.0 Å². The van der Waals surface area contributed by atoms with Gasteiger partial charge in [-0.15, -0.1) is 0 Å². The average Bonchev–Trinajstić information content (AvgIpc) is 3.16. The van der Waals surface area contributed by atoms with Crippen LogP contribution in [0.5, 0.6) is 0 Å². The van der Waals surface area contributed by atoms with Crippen molar-refractivity contribution >= 4 is 21.7 Å². The van der Waals surface area contributed by atoms with E-state index in [0.717, 1.165) is 37.3 Å². The first-order valence-corrected chi connectivity index (χ1v) is 10.2. The Hall–Kier alpha value is -2.45. The van der Waals surface area contributed by atoms with Crippen molar-refractivity contribution in [2.45, 2.75) is 24.2 Å². The normalized spacial score (nSPS) is 14.4. The van der Waals surface area contributed by atoms with Crippen LogP contribution in [-0.2, 0) is 16.4 Å². The van der Waals surface area contributed by atoms with Crippen molar-refractivity contribution < 1.29 is 18.2 Å². The molecule has 1 aromatic heterocycles. The van der Waals surface area contributed by atoms with Crippen LogP contribution >= 0.6 is 0 Å². The summed E-state index contributed by atoms with van der Waals surface area (Å²) in [6.07, 6.45) is 4.71. The molecule has 0 spiro atoms. The average molecular weight is 375 g/mol. The van der Waals surface area contributed by atoms with Crippen LogP contribution in [0.2, 0.25) is 0 Å². The van der Waals surface area contributed by atoms with E-state index in [1.54, 1.807) is 12.1 Å². The summed E-state index contributed by atoms with van der Waals surface area (Å²) < 4.78 is 22.5. The van der Waals surface area contributed by atoms with Gasteiger partial charge in [-0.3, -0.25) is 9.69 Å². The van der Waals surface area contributed by atoms with Crippen LogP contribution in [0.3, 0.4) is 0 Å². The maximum atomic E-state index is 12.5. The fourth-order valence-electron chi connectivity index (χ4n) is 3.08. The number of pyridine rings is 1. The third-order valence-electron chi connectivity index (χ3n) is 4.45. The van der Waals surface area contributed by atoms with E-state index in [1.165, 1.54) is 12.1 Å². The van der Waals surface area contributed by atoms with E-state index in [1.807, 2.05) is 18.3 Å². The van der Waals surface area contributed by atoms with E-state index < -0.39 is 10.0 Å². The number of anilines is 1. The van der Waals surface area contributed by atoms with Gasteiger partial charge >= 0.3 is 0 Å². The Bertz CT molecular complexity index is 876. The van der Waals surface area contributed by atoms with Gasteiger partial charge < -0.3 is 5.32 Å². The minimum Gasteiger partial charge on any atom is -0.351 e. The van der Waals surface area contributed by atoms with Gasteiger partial charge in [0, 0.05) is 6.54 Å². The number of nitrogens with zero attached hydrogens (tertiary/aromatic N) is 1. The Morgan fingerprint density at radius 1 is 1.15 bits per heavy atom. The van der Waals surface area contributed by atoms with Gasteiger partial charge in [-0.1, -0.05) is 12.1 Å². The van der Waals surface area contributed by atoms with Crippen LogP contribution < -0.4 is 20.3 Å². The number of carbonyl (C=O) groups excluding carboxylic acids is 1. The van der Waals surface area contributed by atoms with Crippen molar-refractivity contribution in [1.82, 2.24) is 5.32 Å². The number of benzene rings is 1. The number of amides is 1. The molecule has 0 atom stereocenters. The summed E-state index contributed by atoms with van der Waals surface area (Å²) in [7, 11) is -3.68. The van der Waals surface area contributed by atoms with E-state index in [2.05, 4.69) is 15.2 Å². The number of H-pyrrole nitrogens is 1. The molecule has 3 rings (SSSR count). The van der Waals surface area contributed by atoms with E-state index in [0.29, 0.717) is 18.5 Å². The fraction of sp³-hybridized carbons (Fsp3) is 0.333. The molecule has 1 aromatic carbocycles. The van der Waals surface area contributed by atoms with Crippen LogP contribution in [0.1, 0.15) is 28.8 Å². The molecule has 26 heavy (non-hydrogen) atoms. The van der Waals surface area contributed by atoms with Crippen molar-refractivity contribution in [2.24, 2.45) is 5.14 Å². The molecule has 0 saturated carbocycles. The number of hydrogen-bond acceptors (Lipinski definition) is 4. The third kappa shape index (κ3) is 4.39. The summed E-state index contributed by atoms with van der Waals surface area (Å²) in [4.78, 5) is 18.0. The first-order valence-electron chi connectivity index (χ1n) is 8.61. The molecule has 138 valence electrons. The summed E-state index contributed by atoms with van der Waals surface area (Å²) in [6.45, 7) is 2.37. The second kappa shape index (κ2) is 7.84. The van der Waals surface area contributed by atoms with Crippen LogP contribution in [0.15, 0.2) is 47.5 Å². The summed E-state index contributed by atoms with van der Waals surface area (Å²) in [6, 6.07) is 10.0. The Morgan fingerprint density at radius 3 is 2.50 bits per heavy atom. The van der Waals surface area contributed by atoms with Gasteiger partial charge in [0.1, 0.15) is 5.56 Å². The minimum absolute atomic E-state index is 0.0837. The number of sulfonamides is 1. The summed E-state index contributed by atoms with van der Waals surface area (Å²) in [5.74, 6) is 0.741.